The highest BCUT2D eigenvalue weighted by atomic mass is 16.2. The third kappa shape index (κ3) is 5.08. The van der Waals surface area contributed by atoms with Crippen LogP contribution in [0.3, 0.4) is 0 Å². The van der Waals surface area contributed by atoms with E-state index in [0.717, 1.165) is 51.5 Å². The number of hydrogen-bond acceptors (Lipinski definition) is 2. The Morgan fingerprint density at radius 3 is 2.26 bits per heavy atom. The summed E-state index contributed by atoms with van der Waals surface area (Å²) in [5, 5.41) is 6.20. The first-order valence-corrected chi connectivity index (χ1v) is 9.48. The summed E-state index contributed by atoms with van der Waals surface area (Å²) in [4.78, 5) is 24.3. The number of hydrogen-bond donors (Lipinski definition) is 2. The Balaban J connectivity index is 1.32. The lowest BCUT2D eigenvalue weighted by atomic mass is 9.81. The lowest BCUT2D eigenvalue weighted by Gasteiger charge is -2.27. The molecule has 2 saturated carbocycles. The van der Waals surface area contributed by atoms with E-state index in [1.807, 2.05) is 0 Å². The van der Waals surface area contributed by atoms with Crippen molar-refractivity contribution in [3.8, 4) is 0 Å². The predicted octanol–water partition coefficient (Wildman–Crippen LogP) is 3.08. The van der Waals surface area contributed by atoms with Crippen molar-refractivity contribution in [2.45, 2.75) is 76.7 Å². The van der Waals surface area contributed by atoms with Crippen LogP contribution < -0.4 is 10.6 Å². The minimum absolute atomic E-state index is 0.111. The molecule has 0 heterocycles. The Hall–Kier alpha value is -1.32. The molecule has 3 rings (SSSR count). The van der Waals surface area contributed by atoms with Gasteiger partial charge in [-0.25, -0.2) is 0 Å². The number of carbonyl (C=O) groups is 2. The van der Waals surface area contributed by atoms with Crippen LogP contribution in [0.5, 0.6) is 0 Å². The minimum Gasteiger partial charge on any atom is -0.356 e. The normalized spacial score (nSPS) is 27.9. The van der Waals surface area contributed by atoms with Gasteiger partial charge in [0, 0.05) is 24.4 Å². The van der Waals surface area contributed by atoms with Crippen LogP contribution in [0.1, 0.15) is 70.6 Å². The Morgan fingerprint density at radius 2 is 1.65 bits per heavy atom. The van der Waals surface area contributed by atoms with Crippen molar-refractivity contribution in [1.29, 1.82) is 0 Å². The van der Waals surface area contributed by atoms with Crippen molar-refractivity contribution < 1.29 is 9.59 Å². The molecule has 0 spiro atoms. The van der Waals surface area contributed by atoms with Gasteiger partial charge < -0.3 is 10.6 Å². The van der Waals surface area contributed by atoms with Gasteiger partial charge in [0.2, 0.25) is 11.8 Å². The van der Waals surface area contributed by atoms with Crippen molar-refractivity contribution >= 4 is 11.8 Å². The fourth-order valence-corrected chi connectivity index (χ4v) is 3.79. The number of rotatable bonds is 6. The Labute approximate surface area is 139 Å². The summed E-state index contributed by atoms with van der Waals surface area (Å²) in [5.41, 5.74) is 1.51. The van der Waals surface area contributed by atoms with E-state index in [1.165, 1.54) is 31.3 Å². The third-order valence-corrected chi connectivity index (χ3v) is 5.52. The van der Waals surface area contributed by atoms with Crippen LogP contribution >= 0.6 is 0 Å². The largest absolute Gasteiger partial charge is 0.356 e. The van der Waals surface area contributed by atoms with Gasteiger partial charge in [0.15, 0.2) is 0 Å². The first kappa shape index (κ1) is 16.5. The van der Waals surface area contributed by atoms with Gasteiger partial charge in [-0.15, -0.1) is 0 Å². The molecule has 0 aromatic heterocycles. The summed E-state index contributed by atoms with van der Waals surface area (Å²) >= 11 is 0. The molecule has 128 valence electrons. The van der Waals surface area contributed by atoms with E-state index in [0.29, 0.717) is 6.04 Å². The molecular weight excluding hydrogens is 288 g/mol. The maximum Gasteiger partial charge on any atom is 0.223 e. The molecule has 3 aliphatic carbocycles. The average Bonchev–Trinajstić information content (AvgIpc) is 3.40. The van der Waals surface area contributed by atoms with Crippen molar-refractivity contribution in [3.63, 3.8) is 0 Å². The molecule has 0 bridgehead atoms. The van der Waals surface area contributed by atoms with Gasteiger partial charge in [-0.05, 0) is 70.6 Å². The zero-order chi connectivity index (χ0) is 16.1. The zero-order valence-electron chi connectivity index (χ0n) is 14.1. The molecule has 2 fully saturated rings. The van der Waals surface area contributed by atoms with Crippen molar-refractivity contribution in [2.75, 3.05) is 6.54 Å². The summed E-state index contributed by atoms with van der Waals surface area (Å²) in [5.74, 6) is 0.658. The maximum absolute atomic E-state index is 12.3. The van der Waals surface area contributed by atoms with Gasteiger partial charge in [0.25, 0.3) is 0 Å². The first-order chi connectivity index (χ1) is 11.2. The summed E-state index contributed by atoms with van der Waals surface area (Å²) in [6, 6.07) is 0.442. The van der Waals surface area contributed by atoms with E-state index in [1.54, 1.807) is 0 Å². The van der Waals surface area contributed by atoms with E-state index in [9.17, 15) is 9.59 Å². The number of allylic oxidation sites excluding steroid dienone is 1. The Morgan fingerprint density at radius 1 is 0.957 bits per heavy atom. The Kier molecular flexibility index (Phi) is 5.74. The molecule has 0 aromatic rings. The van der Waals surface area contributed by atoms with E-state index >= 15 is 0 Å². The monoisotopic (exact) mass is 318 g/mol. The fourth-order valence-electron chi connectivity index (χ4n) is 3.79. The summed E-state index contributed by atoms with van der Waals surface area (Å²) < 4.78 is 0. The molecule has 2 N–H and O–H groups in total. The van der Waals surface area contributed by atoms with E-state index in [2.05, 4.69) is 16.7 Å². The maximum atomic E-state index is 12.3. The smallest absolute Gasteiger partial charge is 0.223 e. The molecule has 4 nitrogen and oxygen atoms in total. The van der Waals surface area contributed by atoms with E-state index < -0.39 is 0 Å². The van der Waals surface area contributed by atoms with Crippen LogP contribution in [0, 0.1) is 11.8 Å². The fraction of sp³-hybridized carbons (Fsp3) is 0.789. The molecule has 0 aromatic carbocycles. The minimum atomic E-state index is 0.111. The standard InChI is InChI=1S/C19H30N2O2/c22-18(20-13-12-14-4-2-1-3-5-14)15-6-8-16(9-7-15)19(23)21-17-10-11-17/h4,15-17H,1-3,5-13H2,(H,20,22)(H,21,23). The second kappa shape index (κ2) is 7.98. The molecule has 0 unspecified atom stereocenters. The van der Waals surface area contributed by atoms with Crippen molar-refractivity contribution in [3.05, 3.63) is 11.6 Å². The first-order valence-electron chi connectivity index (χ1n) is 9.48. The van der Waals surface area contributed by atoms with Crippen LogP contribution in [-0.4, -0.2) is 24.4 Å². The van der Waals surface area contributed by atoms with Crippen LogP contribution in [0.2, 0.25) is 0 Å². The molecule has 0 saturated heterocycles. The van der Waals surface area contributed by atoms with Gasteiger partial charge in [-0.3, -0.25) is 9.59 Å². The molecule has 2 amide bonds. The SMILES string of the molecule is O=C(NCCC1=CCCCC1)C1CCC(C(=O)NC2CC2)CC1. The molecule has 0 radical (unpaired) electrons. The number of amides is 2. The van der Waals surface area contributed by atoms with Crippen LogP contribution in [-0.2, 0) is 9.59 Å². The highest BCUT2D eigenvalue weighted by Gasteiger charge is 2.32. The van der Waals surface area contributed by atoms with Crippen molar-refractivity contribution in [2.24, 2.45) is 11.8 Å². The lowest BCUT2D eigenvalue weighted by Crippen LogP contribution is -2.38. The van der Waals surface area contributed by atoms with Crippen LogP contribution in [0.4, 0.5) is 0 Å². The molecule has 4 heteroatoms. The summed E-state index contributed by atoms with van der Waals surface area (Å²) in [7, 11) is 0. The molecule has 23 heavy (non-hydrogen) atoms. The quantitative estimate of drug-likeness (QED) is 0.739. The van der Waals surface area contributed by atoms with Crippen molar-refractivity contribution in [1.82, 2.24) is 10.6 Å². The van der Waals surface area contributed by atoms with E-state index in [-0.39, 0.29) is 23.7 Å². The average molecular weight is 318 g/mol. The highest BCUT2D eigenvalue weighted by Crippen LogP contribution is 2.30. The molecule has 0 aliphatic heterocycles. The predicted molar refractivity (Wildman–Crippen MR) is 90.8 cm³/mol. The van der Waals surface area contributed by atoms with Gasteiger partial charge in [0.1, 0.15) is 0 Å². The van der Waals surface area contributed by atoms with Crippen LogP contribution in [0.25, 0.3) is 0 Å². The van der Waals surface area contributed by atoms with Gasteiger partial charge >= 0.3 is 0 Å². The topological polar surface area (TPSA) is 58.2 Å². The van der Waals surface area contributed by atoms with Gasteiger partial charge in [-0.1, -0.05) is 11.6 Å². The second-order valence-electron chi connectivity index (χ2n) is 7.48. The van der Waals surface area contributed by atoms with Crippen LogP contribution in [0.15, 0.2) is 11.6 Å². The summed E-state index contributed by atoms with van der Waals surface area (Å²) in [6.45, 7) is 0.771. The zero-order valence-corrected chi connectivity index (χ0v) is 14.1. The highest BCUT2D eigenvalue weighted by molar-refractivity contribution is 5.81. The summed E-state index contributed by atoms with van der Waals surface area (Å²) in [6.07, 6.45) is 14.1. The molecular formula is C19H30N2O2. The second-order valence-corrected chi connectivity index (χ2v) is 7.48. The Bertz CT molecular complexity index is 460. The van der Waals surface area contributed by atoms with Gasteiger partial charge in [0.05, 0.1) is 0 Å². The lowest BCUT2D eigenvalue weighted by molar-refractivity contribution is -0.130. The van der Waals surface area contributed by atoms with E-state index in [4.69, 9.17) is 0 Å². The van der Waals surface area contributed by atoms with Gasteiger partial charge in [-0.2, -0.15) is 0 Å². The number of carbonyl (C=O) groups excluding carboxylic acids is 2. The molecule has 3 aliphatic rings. The number of nitrogens with one attached hydrogen (secondary N) is 2. The molecule has 0 atom stereocenters. The third-order valence-electron chi connectivity index (χ3n) is 5.52.